The van der Waals surface area contributed by atoms with Gasteiger partial charge >= 0.3 is 0 Å². The summed E-state index contributed by atoms with van der Waals surface area (Å²) in [5, 5.41) is 0. The zero-order chi connectivity index (χ0) is 12.7. The van der Waals surface area contributed by atoms with Crippen molar-refractivity contribution in [2.75, 3.05) is 6.54 Å². The van der Waals surface area contributed by atoms with Crippen molar-refractivity contribution in [3.05, 3.63) is 24.5 Å². The molecule has 1 unspecified atom stereocenters. The number of pyridine rings is 1. The molecule has 94 valence electrons. The van der Waals surface area contributed by atoms with Crippen molar-refractivity contribution in [1.29, 1.82) is 0 Å². The lowest BCUT2D eigenvalue weighted by Crippen LogP contribution is -2.42. The molecule has 1 aliphatic rings. The monoisotopic (exact) mass is 255 g/mol. The number of nitrogens with two attached hydrogens (primary N) is 1. The molecule has 1 saturated heterocycles. The highest BCUT2D eigenvalue weighted by Crippen LogP contribution is 2.33. The average Bonchev–Trinajstić information content (AvgIpc) is 2.54. The Balaban J connectivity index is 2.41. The second-order valence-corrected chi connectivity index (χ2v) is 6.86. The first kappa shape index (κ1) is 12.5. The van der Waals surface area contributed by atoms with Crippen LogP contribution in [0, 0.1) is 0 Å². The number of hydrogen-bond acceptors (Lipinski definition) is 4. The molecule has 17 heavy (non-hydrogen) atoms. The van der Waals surface area contributed by atoms with Gasteiger partial charge in [-0.25, -0.2) is 8.42 Å². The van der Waals surface area contributed by atoms with Crippen LogP contribution in [0.4, 0.5) is 0 Å². The third-order valence-corrected chi connectivity index (χ3v) is 5.17. The minimum absolute atomic E-state index is 0.0957. The van der Waals surface area contributed by atoms with Gasteiger partial charge in [0.15, 0.2) is 0 Å². The van der Waals surface area contributed by atoms with Crippen molar-refractivity contribution in [3.8, 4) is 0 Å². The van der Waals surface area contributed by atoms with Crippen LogP contribution in [-0.4, -0.2) is 35.8 Å². The fourth-order valence-electron chi connectivity index (χ4n) is 2.33. The maximum absolute atomic E-state index is 12.4. The Kier molecular flexibility index (Phi) is 2.97. The Morgan fingerprint density at radius 2 is 2.00 bits per heavy atom. The third-order valence-electron chi connectivity index (χ3n) is 3.07. The first-order valence-corrected chi connectivity index (χ1v) is 6.96. The van der Waals surface area contributed by atoms with E-state index >= 15 is 0 Å². The summed E-state index contributed by atoms with van der Waals surface area (Å²) in [4.78, 5) is 4.10. The predicted molar refractivity (Wildman–Crippen MR) is 64.8 cm³/mol. The molecule has 1 aromatic rings. The number of rotatable bonds is 2. The molecule has 0 bridgehead atoms. The average molecular weight is 255 g/mol. The molecule has 5 nitrogen and oxygen atoms in total. The molecule has 1 aliphatic heterocycles. The zero-order valence-corrected chi connectivity index (χ0v) is 10.8. The summed E-state index contributed by atoms with van der Waals surface area (Å²) in [5.74, 6) is 0. The summed E-state index contributed by atoms with van der Waals surface area (Å²) in [6.07, 6.45) is 3.64. The zero-order valence-electron chi connectivity index (χ0n) is 10.00. The highest BCUT2D eigenvalue weighted by Gasteiger charge is 2.44. The second kappa shape index (κ2) is 4.04. The molecule has 2 rings (SSSR count). The van der Waals surface area contributed by atoms with Crippen molar-refractivity contribution in [2.45, 2.75) is 36.7 Å². The summed E-state index contributed by atoms with van der Waals surface area (Å²) in [5.41, 5.74) is 5.43. The summed E-state index contributed by atoms with van der Waals surface area (Å²) in [6, 6.07) is 2.92. The first-order chi connectivity index (χ1) is 7.84. The second-order valence-electron chi connectivity index (χ2n) is 5.00. The number of aromatic nitrogens is 1. The van der Waals surface area contributed by atoms with Gasteiger partial charge in [-0.1, -0.05) is 0 Å². The van der Waals surface area contributed by atoms with E-state index in [0.29, 0.717) is 13.0 Å². The molecule has 1 atom stereocenters. The van der Waals surface area contributed by atoms with Crippen LogP contribution in [0.1, 0.15) is 20.3 Å². The smallest absolute Gasteiger partial charge is 0.243 e. The van der Waals surface area contributed by atoms with Crippen LogP contribution in [0.5, 0.6) is 0 Å². The van der Waals surface area contributed by atoms with E-state index in [1.165, 1.54) is 28.8 Å². The quantitative estimate of drug-likeness (QED) is 0.838. The lowest BCUT2D eigenvalue weighted by molar-refractivity contribution is 0.291. The van der Waals surface area contributed by atoms with Gasteiger partial charge in [-0.15, -0.1) is 0 Å². The van der Waals surface area contributed by atoms with Gasteiger partial charge in [0.05, 0.1) is 4.90 Å². The predicted octanol–water partition coefficient (Wildman–Crippen LogP) is 0.582. The Bertz CT molecular complexity index is 499. The van der Waals surface area contributed by atoms with E-state index in [0.717, 1.165) is 0 Å². The minimum atomic E-state index is -3.47. The molecule has 1 fully saturated rings. The summed E-state index contributed by atoms with van der Waals surface area (Å²) < 4.78 is 26.4. The van der Waals surface area contributed by atoms with Crippen LogP contribution in [-0.2, 0) is 10.0 Å². The van der Waals surface area contributed by atoms with E-state index in [2.05, 4.69) is 4.98 Å². The lowest BCUT2D eigenvalue weighted by atomic mass is 10.0. The van der Waals surface area contributed by atoms with E-state index in [9.17, 15) is 8.42 Å². The fourth-order valence-corrected chi connectivity index (χ4v) is 4.16. The molecular formula is C11H17N3O2S. The molecule has 0 saturated carbocycles. The van der Waals surface area contributed by atoms with Crippen LogP contribution >= 0.6 is 0 Å². The largest absolute Gasteiger partial charge is 0.326 e. The number of sulfonamides is 1. The molecule has 0 spiro atoms. The summed E-state index contributed by atoms with van der Waals surface area (Å²) in [6.45, 7) is 4.18. The van der Waals surface area contributed by atoms with Gasteiger partial charge in [-0.3, -0.25) is 4.98 Å². The lowest BCUT2D eigenvalue weighted by Gasteiger charge is -2.30. The molecule has 6 heteroatoms. The van der Waals surface area contributed by atoms with Crippen molar-refractivity contribution in [1.82, 2.24) is 9.29 Å². The molecule has 0 aromatic carbocycles. The van der Waals surface area contributed by atoms with E-state index in [1.807, 2.05) is 13.8 Å². The van der Waals surface area contributed by atoms with Gasteiger partial charge in [0.25, 0.3) is 0 Å². The van der Waals surface area contributed by atoms with E-state index in [4.69, 9.17) is 5.73 Å². The van der Waals surface area contributed by atoms with Gasteiger partial charge in [-0.2, -0.15) is 4.31 Å². The van der Waals surface area contributed by atoms with Gasteiger partial charge in [0.2, 0.25) is 10.0 Å². The van der Waals surface area contributed by atoms with Crippen molar-refractivity contribution < 1.29 is 8.42 Å². The van der Waals surface area contributed by atoms with Crippen LogP contribution in [0.3, 0.4) is 0 Å². The van der Waals surface area contributed by atoms with Gasteiger partial charge in [0.1, 0.15) is 0 Å². The highest BCUT2D eigenvalue weighted by molar-refractivity contribution is 7.89. The van der Waals surface area contributed by atoms with Gasteiger partial charge in [0, 0.05) is 30.5 Å². The Hall–Kier alpha value is -0.980. The number of nitrogens with zero attached hydrogens (tertiary/aromatic N) is 2. The van der Waals surface area contributed by atoms with Crippen molar-refractivity contribution >= 4 is 10.0 Å². The normalized spacial score (nSPS) is 25.0. The summed E-state index contributed by atoms with van der Waals surface area (Å²) in [7, 11) is -3.47. The van der Waals surface area contributed by atoms with Gasteiger partial charge < -0.3 is 5.73 Å². The van der Waals surface area contributed by atoms with Crippen molar-refractivity contribution in [2.24, 2.45) is 5.73 Å². The van der Waals surface area contributed by atoms with E-state index < -0.39 is 15.6 Å². The van der Waals surface area contributed by atoms with Crippen LogP contribution in [0.15, 0.2) is 29.4 Å². The maximum Gasteiger partial charge on any atom is 0.243 e. The molecule has 0 amide bonds. The molecule has 0 radical (unpaired) electrons. The maximum atomic E-state index is 12.4. The van der Waals surface area contributed by atoms with Crippen molar-refractivity contribution in [3.63, 3.8) is 0 Å². The molecule has 2 N–H and O–H groups in total. The van der Waals surface area contributed by atoms with E-state index in [-0.39, 0.29) is 10.9 Å². The van der Waals surface area contributed by atoms with E-state index in [1.54, 1.807) is 0 Å². The van der Waals surface area contributed by atoms with Crippen LogP contribution in [0.2, 0.25) is 0 Å². The molecule has 2 heterocycles. The standard InChI is InChI=1S/C11H17N3O2S/c1-11(2)7-9(12)8-14(11)17(15,16)10-3-5-13-6-4-10/h3-6,9H,7-8,12H2,1-2H3. The minimum Gasteiger partial charge on any atom is -0.326 e. The molecule has 1 aromatic heterocycles. The topological polar surface area (TPSA) is 76.3 Å². The molecule has 0 aliphatic carbocycles. The van der Waals surface area contributed by atoms with Crippen LogP contribution in [0.25, 0.3) is 0 Å². The number of hydrogen-bond donors (Lipinski definition) is 1. The third kappa shape index (κ3) is 2.20. The Morgan fingerprint density at radius 3 is 2.47 bits per heavy atom. The Labute approximate surface area is 102 Å². The highest BCUT2D eigenvalue weighted by atomic mass is 32.2. The summed E-state index contributed by atoms with van der Waals surface area (Å²) >= 11 is 0. The molecular weight excluding hydrogens is 238 g/mol. The first-order valence-electron chi connectivity index (χ1n) is 5.52. The SMILES string of the molecule is CC1(C)CC(N)CN1S(=O)(=O)c1ccncc1. The fraction of sp³-hybridized carbons (Fsp3) is 0.545. The Morgan fingerprint density at radius 1 is 1.41 bits per heavy atom. The van der Waals surface area contributed by atoms with Crippen LogP contribution < -0.4 is 5.73 Å². The van der Waals surface area contributed by atoms with Gasteiger partial charge in [-0.05, 0) is 32.4 Å².